The summed E-state index contributed by atoms with van der Waals surface area (Å²) < 4.78 is 1.30. The number of hydrogen-bond donors (Lipinski definition) is 2. The highest BCUT2D eigenvalue weighted by atomic mass is 16.2. The van der Waals surface area contributed by atoms with Crippen molar-refractivity contribution in [3.63, 3.8) is 0 Å². The van der Waals surface area contributed by atoms with Gasteiger partial charge >= 0.3 is 0 Å². The summed E-state index contributed by atoms with van der Waals surface area (Å²) in [7, 11) is 0. The van der Waals surface area contributed by atoms with Crippen molar-refractivity contribution in [2.75, 3.05) is 0 Å². The number of carbonyl (C=O) groups is 1. The average Bonchev–Trinajstić information content (AvgIpc) is 3.03. The van der Waals surface area contributed by atoms with Crippen LogP contribution in [0.5, 0.6) is 0 Å². The molecule has 0 bridgehead atoms. The van der Waals surface area contributed by atoms with E-state index in [1.54, 1.807) is 42.6 Å². The molecule has 0 spiro atoms. The summed E-state index contributed by atoms with van der Waals surface area (Å²) >= 11 is 0. The Morgan fingerprint density at radius 3 is 2.54 bits per heavy atom. The maximum absolute atomic E-state index is 12.6. The molecule has 0 fully saturated rings. The van der Waals surface area contributed by atoms with Crippen LogP contribution in [0.15, 0.2) is 53.6 Å². The first-order valence-electron chi connectivity index (χ1n) is 8.08. The standard InChI is InChI=1S/C19H17N5O2/c1-12(2)23-18(25)15-7-8-17(21-10-15)24-19(26)16(11-22-24)14-5-3-13(9-20)4-6-14/h3-8,10-12,22H,1-2H3,(H,23,25). The van der Waals surface area contributed by atoms with E-state index < -0.39 is 0 Å². The molecular formula is C19H17N5O2. The number of aromatic amines is 1. The maximum Gasteiger partial charge on any atom is 0.280 e. The van der Waals surface area contributed by atoms with Gasteiger partial charge in [0.2, 0.25) is 0 Å². The number of rotatable bonds is 4. The fourth-order valence-electron chi connectivity index (χ4n) is 2.47. The minimum atomic E-state index is -0.262. The van der Waals surface area contributed by atoms with Gasteiger partial charge in [-0.15, -0.1) is 0 Å². The van der Waals surface area contributed by atoms with Crippen LogP contribution in [-0.4, -0.2) is 26.7 Å². The van der Waals surface area contributed by atoms with Crippen LogP contribution in [0.4, 0.5) is 0 Å². The first-order valence-corrected chi connectivity index (χ1v) is 8.08. The Balaban J connectivity index is 1.89. The number of nitrogens with one attached hydrogen (secondary N) is 2. The van der Waals surface area contributed by atoms with Crippen molar-refractivity contribution in [2.24, 2.45) is 0 Å². The number of nitrogens with zero attached hydrogens (tertiary/aromatic N) is 3. The molecule has 0 saturated heterocycles. The molecule has 0 radical (unpaired) electrons. The fraction of sp³-hybridized carbons (Fsp3) is 0.158. The monoisotopic (exact) mass is 347 g/mol. The van der Waals surface area contributed by atoms with Gasteiger partial charge in [0, 0.05) is 18.4 Å². The van der Waals surface area contributed by atoms with Crippen molar-refractivity contribution in [3.05, 3.63) is 70.3 Å². The molecule has 1 aromatic carbocycles. The zero-order chi connectivity index (χ0) is 18.7. The Labute approximate surface area is 149 Å². The van der Waals surface area contributed by atoms with E-state index in [0.29, 0.717) is 28.1 Å². The van der Waals surface area contributed by atoms with Gasteiger partial charge < -0.3 is 5.32 Å². The summed E-state index contributed by atoms with van der Waals surface area (Å²) in [5, 5.41) is 14.5. The van der Waals surface area contributed by atoms with Gasteiger partial charge in [0.15, 0.2) is 5.82 Å². The number of benzene rings is 1. The summed E-state index contributed by atoms with van der Waals surface area (Å²) in [5.41, 5.74) is 1.87. The van der Waals surface area contributed by atoms with E-state index in [0.717, 1.165) is 0 Å². The van der Waals surface area contributed by atoms with Gasteiger partial charge in [0.25, 0.3) is 11.5 Å². The summed E-state index contributed by atoms with van der Waals surface area (Å²) in [6.07, 6.45) is 3.02. The molecule has 3 aromatic rings. The zero-order valence-electron chi connectivity index (χ0n) is 14.4. The highest BCUT2D eigenvalue weighted by Crippen LogP contribution is 2.16. The van der Waals surface area contributed by atoms with E-state index in [2.05, 4.69) is 15.4 Å². The Morgan fingerprint density at radius 1 is 1.23 bits per heavy atom. The van der Waals surface area contributed by atoms with E-state index in [4.69, 9.17) is 5.26 Å². The normalized spacial score (nSPS) is 10.5. The summed E-state index contributed by atoms with van der Waals surface area (Å²) in [5.74, 6) is 0.173. The van der Waals surface area contributed by atoms with Crippen LogP contribution in [0.25, 0.3) is 16.9 Å². The molecule has 7 heteroatoms. The first-order chi connectivity index (χ1) is 12.5. The van der Waals surface area contributed by atoms with Crippen LogP contribution in [0.1, 0.15) is 29.8 Å². The van der Waals surface area contributed by atoms with Gasteiger partial charge in [0.05, 0.1) is 22.8 Å². The second kappa shape index (κ2) is 7.07. The number of H-pyrrole nitrogens is 1. The molecule has 0 saturated carbocycles. The van der Waals surface area contributed by atoms with Crippen molar-refractivity contribution in [2.45, 2.75) is 19.9 Å². The molecule has 0 aliphatic heterocycles. The predicted molar refractivity (Wildman–Crippen MR) is 96.9 cm³/mol. The lowest BCUT2D eigenvalue weighted by atomic mass is 10.1. The molecule has 0 aliphatic carbocycles. The van der Waals surface area contributed by atoms with Crippen LogP contribution in [0, 0.1) is 11.3 Å². The molecule has 7 nitrogen and oxygen atoms in total. The largest absolute Gasteiger partial charge is 0.350 e. The van der Waals surface area contributed by atoms with Crippen LogP contribution in [-0.2, 0) is 0 Å². The SMILES string of the molecule is CC(C)NC(=O)c1ccc(-n2[nH]cc(-c3ccc(C#N)cc3)c2=O)nc1. The molecule has 2 aromatic heterocycles. The van der Waals surface area contributed by atoms with Crippen molar-refractivity contribution in [1.82, 2.24) is 20.1 Å². The minimum absolute atomic E-state index is 0.0307. The van der Waals surface area contributed by atoms with Crippen molar-refractivity contribution >= 4 is 5.91 Å². The van der Waals surface area contributed by atoms with Crippen molar-refractivity contribution in [1.29, 1.82) is 5.26 Å². The number of pyridine rings is 1. The van der Waals surface area contributed by atoms with Crippen LogP contribution in [0.2, 0.25) is 0 Å². The smallest absolute Gasteiger partial charge is 0.280 e. The summed E-state index contributed by atoms with van der Waals surface area (Å²) in [6.45, 7) is 3.76. The second-order valence-electron chi connectivity index (χ2n) is 6.05. The van der Waals surface area contributed by atoms with E-state index in [-0.39, 0.29) is 17.5 Å². The second-order valence-corrected chi connectivity index (χ2v) is 6.05. The van der Waals surface area contributed by atoms with E-state index in [9.17, 15) is 9.59 Å². The van der Waals surface area contributed by atoms with Gasteiger partial charge in [-0.3, -0.25) is 14.7 Å². The number of amides is 1. The molecule has 0 unspecified atom stereocenters. The van der Waals surface area contributed by atoms with Crippen LogP contribution in [0.3, 0.4) is 0 Å². The van der Waals surface area contributed by atoms with Gasteiger partial charge in [-0.1, -0.05) is 12.1 Å². The lowest BCUT2D eigenvalue weighted by Crippen LogP contribution is -2.30. The molecule has 130 valence electrons. The molecule has 0 atom stereocenters. The molecule has 2 heterocycles. The third-order valence-corrected chi connectivity index (χ3v) is 3.76. The predicted octanol–water partition coefficient (Wildman–Crippen LogP) is 2.24. The Hall–Kier alpha value is -3.66. The zero-order valence-corrected chi connectivity index (χ0v) is 14.4. The highest BCUT2D eigenvalue weighted by Gasteiger charge is 2.12. The van der Waals surface area contributed by atoms with Crippen molar-refractivity contribution in [3.8, 4) is 23.0 Å². The van der Waals surface area contributed by atoms with Gasteiger partial charge in [-0.25, -0.2) is 9.67 Å². The third-order valence-electron chi connectivity index (χ3n) is 3.76. The summed E-state index contributed by atoms with van der Waals surface area (Å²) in [4.78, 5) is 28.8. The Bertz CT molecular complexity index is 1020. The first kappa shape index (κ1) is 17.2. The van der Waals surface area contributed by atoms with Gasteiger partial charge in [-0.2, -0.15) is 5.26 Å². The quantitative estimate of drug-likeness (QED) is 0.755. The molecule has 3 rings (SSSR count). The fourth-order valence-corrected chi connectivity index (χ4v) is 2.47. The number of hydrogen-bond acceptors (Lipinski definition) is 4. The van der Waals surface area contributed by atoms with Crippen LogP contribution >= 0.6 is 0 Å². The Kier molecular flexibility index (Phi) is 4.67. The van der Waals surface area contributed by atoms with Crippen molar-refractivity contribution < 1.29 is 4.79 Å². The third kappa shape index (κ3) is 3.39. The lowest BCUT2D eigenvalue weighted by Gasteiger charge is -2.08. The maximum atomic E-state index is 12.6. The number of aromatic nitrogens is 3. The number of nitriles is 1. The topological polar surface area (TPSA) is 104 Å². The number of carbonyl (C=O) groups excluding carboxylic acids is 1. The molecular weight excluding hydrogens is 330 g/mol. The van der Waals surface area contributed by atoms with E-state index in [1.165, 1.54) is 10.9 Å². The van der Waals surface area contributed by atoms with Gasteiger partial charge in [-0.05, 0) is 43.7 Å². The average molecular weight is 347 g/mol. The summed E-state index contributed by atoms with van der Waals surface area (Å²) in [6, 6.07) is 12.1. The highest BCUT2D eigenvalue weighted by molar-refractivity contribution is 5.94. The molecule has 1 amide bonds. The van der Waals surface area contributed by atoms with E-state index in [1.807, 2.05) is 19.9 Å². The van der Waals surface area contributed by atoms with Crippen LogP contribution < -0.4 is 10.9 Å². The Morgan fingerprint density at radius 2 is 1.96 bits per heavy atom. The molecule has 0 aliphatic rings. The minimum Gasteiger partial charge on any atom is -0.350 e. The lowest BCUT2D eigenvalue weighted by molar-refractivity contribution is 0.0943. The van der Waals surface area contributed by atoms with Gasteiger partial charge in [0.1, 0.15) is 0 Å². The molecule has 26 heavy (non-hydrogen) atoms. The molecule has 2 N–H and O–H groups in total. The van der Waals surface area contributed by atoms with E-state index >= 15 is 0 Å².